The lowest BCUT2D eigenvalue weighted by Gasteiger charge is -2.35. The van der Waals surface area contributed by atoms with Gasteiger partial charge in [0.1, 0.15) is 24.2 Å². The van der Waals surface area contributed by atoms with Crippen molar-refractivity contribution in [2.75, 3.05) is 27.3 Å². The van der Waals surface area contributed by atoms with Crippen LogP contribution >= 0.6 is 0 Å². The Labute approximate surface area is 281 Å². The molecule has 0 bridgehead atoms. The molecule has 0 heterocycles. The van der Waals surface area contributed by atoms with Gasteiger partial charge in [-0.2, -0.15) is 0 Å². The molecule has 48 heavy (non-hydrogen) atoms. The summed E-state index contributed by atoms with van der Waals surface area (Å²) in [5.41, 5.74) is 3.71. The van der Waals surface area contributed by atoms with Crippen molar-refractivity contribution in [3.8, 4) is 11.1 Å². The monoisotopic (exact) mass is 656 g/mol. The Morgan fingerprint density at radius 1 is 0.854 bits per heavy atom. The van der Waals surface area contributed by atoms with Crippen molar-refractivity contribution in [1.29, 1.82) is 0 Å². The van der Waals surface area contributed by atoms with Crippen molar-refractivity contribution in [2.24, 2.45) is 5.92 Å². The summed E-state index contributed by atoms with van der Waals surface area (Å²) in [5.74, 6) is -2.69. The fourth-order valence-electron chi connectivity index (χ4n) is 6.14. The number of alkyl carbamates (subject to hydrolysis) is 1. The van der Waals surface area contributed by atoms with E-state index in [1.165, 1.54) is 32.9 Å². The number of nitrogens with zero attached hydrogens (tertiary/aromatic N) is 1. The zero-order valence-electron chi connectivity index (χ0n) is 28.2. The average molecular weight is 657 g/mol. The van der Waals surface area contributed by atoms with Crippen LogP contribution in [-0.2, 0) is 35.1 Å². The lowest BCUT2D eigenvalue weighted by Crippen LogP contribution is -2.60. The minimum atomic E-state index is -1.40. The lowest BCUT2D eigenvalue weighted by molar-refractivity contribution is -0.156. The molecule has 1 aliphatic carbocycles. The van der Waals surface area contributed by atoms with E-state index < -0.39 is 54.0 Å². The summed E-state index contributed by atoms with van der Waals surface area (Å²) in [6.07, 6.45) is -0.616. The maximum Gasteiger partial charge on any atom is 0.407 e. The highest BCUT2D eigenvalue weighted by molar-refractivity contribution is 5.95. The van der Waals surface area contributed by atoms with E-state index in [4.69, 9.17) is 9.47 Å². The average Bonchev–Trinajstić information content (AvgIpc) is 3.39. The number of benzene rings is 3. The lowest BCUT2D eigenvalue weighted by atomic mass is 9.98. The molecule has 3 aromatic rings. The fraction of sp³-hybridized carbons (Fsp3) is 0.378. The Morgan fingerprint density at radius 3 is 1.98 bits per heavy atom. The molecule has 2 atom stereocenters. The van der Waals surface area contributed by atoms with Crippen LogP contribution in [0.1, 0.15) is 50.3 Å². The molecule has 4 rings (SSSR count). The number of carbonyl (C=O) groups is 5. The number of ether oxygens (including phenoxy) is 2. The maximum absolute atomic E-state index is 13.4. The van der Waals surface area contributed by atoms with Gasteiger partial charge >= 0.3 is 12.1 Å². The molecule has 0 aliphatic heterocycles. The van der Waals surface area contributed by atoms with Crippen molar-refractivity contribution >= 4 is 29.8 Å². The molecule has 0 aromatic heterocycles. The number of rotatable bonds is 13. The molecule has 0 spiro atoms. The number of methoxy groups -OCH3 is 1. The Balaban J connectivity index is 1.38. The first-order valence-electron chi connectivity index (χ1n) is 15.9. The number of esters is 1. The summed E-state index contributed by atoms with van der Waals surface area (Å²) < 4.78 is 10.5. The molecule has 0 saturated heterocycles. The third-order valence-electron chi connectivity index (χ3n) is 8.46. The number of hydrogen-bond donors (Lipinski definition) is 3. The third-order valence-corrected chi connectivity index (χ3v) is 8.46. The largest absolute Gasteiger partial charge is 0.467 e. The van der Waals surface area contributed by atoms with Crippen LogP contribution in [-0.4, -0.2) is 79.6 Å². The number of likely N-dealkylation sites (N-methyl/N-ethyl adjacent to an activating group) is 1. The van der Waals surface area contributed by atoms with Crippen LogP contribution in [0.3, 0.4) is 0 Å². The zero-order valence-corrected chi connectivity index (χ0v) is 28.2. The predicted octanol–water partition coefficient (Wildman–Crippen LogP) is 3.80. The fourth-order valence-corrected chi connectivity index (χ4v) is 6.14. The molecule has 0 saturated carbocycles. The van der Waals surface area contributed by atoms with Gasteiger partial charge in [0.2, 0.25) is 17.7 Å². The van der Waals surface area contributed by atoms with Gasteiger partial charge in [-0.3, -0.25) is 14.4 Å². The molecule has 4 amide bonds. The van der Waals surface area contributed by atoms with E-state index >= 15 is 0 Å². The molecular weight excluding hydrogens is 612 g/mol. The second-order valence-corrected chi connectivity index (χ2v) is 12.7. The topological polar surface area (TPSA) is 143 Å². The molecule has 11 nitrogen and oxygen atoms in total. The van der Waals surface area contributed by atoms with E-state index in [1.807, 2.05) is 78.9 Å². The van der Waals surface area contributed by atoms with Gasteiger partial charge in [-0.25, -0.2) is 9.59 Å². The van der Waals surface area contributed by atoms with Crippen LogP contribution in [0.2, 0.25) is 0 Å². The quantitative estimate of drug-likeness (QED) is 0.238. The van der Waals surface area contributed by atoms with Gasteiger partial charge in [-0.1, -0.05) is 92.7 Å². The standard InChI is InChI=1S/C37H44N4O7/c1-23(2)32(34(44)47-6)41(5)35(45)37(3,4)40-31(42)21-38-33(43)30(20-24-14-8-7-9-15-24)39-36(46)48-22-29-27-18-12-10-16-25(27)26-17-11-13-19-28(26)29/h7-19,23,29-30,32H,20-22H2,1-6H3,(H,38,43)(H,39,46)(H,40,42)/t30-,32-/m0/s1. The highest BCUT2D eigenvalue weighted by atomic mass is 16.5. The summed E-state index contributed by atoms with van der Waals surface area (Å²) in [5, 5.41) is 7.87. The predicted molar refractivity (Wildman–Crippen MR) is 181 cm³/mol. The summed E-state index contributed by atoms with van der Waals surface area (Å²) in [6, 6.07) is 23.2. The van der Waals surface area contributed by atoms with Crippen molar-refractivity contribution in [3.05, 3.63) is 95.6 Å². The summed E-state index contributed by atoms with van der Waals surface area (Å²) >= 11 is 0. The number of hydrogen-bond acceptors (Lipinski definition) is 7. The number of nitrogens with one attached hydrogen (secondary N) is 3. The molecule has 0 unspecified atom stereocenters. The van der Waals surface area contributed by atoms with Crippen LogP contribution in [0.25, 0.3) is 11.1 Å². The molecular formula is C37H44N4O7. The SMILES string of the molecule is COC(=O)[C@H](C(C)C)N(C)C(=O)C(C)(C)NC(=O)CNC(=O)[C@H](Cc1ccccc1)NC(=O)OCC1c2ccccc2-c2ccccc21. The van der Waals surface area contributed by atoms with Gasteiger partial charge in [0, 0.05) is 19.4 Å². The van der Waals surface area contributed by atoms with E-state index in [0.717, 1.165) is 27.8 Å². The van der Waals surface area contributed by atoms with E-state index in [1.54, 1.807) is 13.8 Å². The summed E-state index contributed by atoms with van der Waals surface area (Å²) in [6.45, 7) is 6.22. The van der Waals surface area contributed by atoms with Gasteiger partial charge in [-0.05, 0) is 47.6 Å². The second kappa shape index (κ2) is 15.6. The zero-order chi connectivity index (χ0) is 35.0. The highest BCUT2D eigenvalue weighted by Crippen LogP contribution is 2.44. The van der Waals surface area contributed by atoms with E-state index in [9.17, 15) is 24.0 Å². The normalized spacial score (nSPS) is 13.4. The van der Waals surface area contributed by atoms with Crippen LogP contribution in [0.15, 0.2) is 78.9 Å². The number of amides is 4. The number of fused-ring (bicyclic) bond motifs is 3. The second-order valence-electron chi connectivity index (χ2n) is 12.7. The Morgan fingerprint density at radius 2 is 1.42 bits per heavy atom. The van der Waals surface area contributed by atoms with Crippen LogP contribution in [0.5, 0.6) is 0 Å². The molecule has 11 heteroatoms. The van der Waals surface area contributed by atoms with E-state index in [-0.39, 0.29) is 24.9 Å². The summed E-state index contributed by atoms with van der Waals surface area (Å²) in [4.78, 5) is 66.3. The number of carbonyl (C=O) groups excluding carboxylic acids is 5. The summed E-state index contributed by atoms with van der Waals surface area (Å²) in [7, 11) is 2.72. The minimum Gasteiger partial charge on any atom is -0.467 e. The van der Waals surface area contributed by atoms with Gasteiger partial charge in [0.25, 0.3) is 0 Å². The molecule has 3 N–H and O–H groups in total. The van der Waals surface area contributed by atoms with Crippen molar-refractivity contribution in [1.82, 2.24) is 20.9 Å². The van der Waals surface area contributed by atoms with Gasteiger partial charge in [-0.15, -0.1) is 0 Å². The molecule has 0 radical (unpaired) electrons. The minimum absolute atomic E-state index is 0.0765. The molecule has 1 aliphatic rings. The van der Waals surface area contributed by atoms with E-state index in [2.05, 4.69) is 16.0 Å². The Hall–Kier alpha value is -5.19. The maximum atomic E-state index is 13.4. The van der Waals surface area contributed by atoms with Crippen LogP contribution < -0.4 is 16.0 Å². The first-order valence-corrected chi connectivity index (χ1v) is 15.9. The van der Waals surface area contributed by atoms with Crippen LogP contribution in [0, 0.1) is 5.92 Å². The van der Waals surface area contributed by atoms with Crippen molar-refractivity contribution < 1.29 is 33.4 Å². The van der Waals surface area contributed by atoms with Crippen molar-refractivity contribution in [2.45, 2.75) is 57.7 Å². The highest BCUT2D eigenvalue weighted by Gasteiger charge is 2.39. The third kappa shape index (κ3) is 8.39. The van der Waals surface area contributed by atoms with Crippen LogP contribution in [0.4, 0.5) is 4.79 Å². The Bertz CT molecular complexity index is 1590. The first kappa shape index (κ1) is 35.7. The smallest absolute Gasteiger partial charge is 0.407 e. The molecule has 0 fully saturated rings. The molecule has 3 aromatic carbocycles. The van der Waals surface area contributed by atoms with E-state index in [0.29, 0.717) is 0 Å². The van der Waals surface area contributed by atoms with Gasteiger partial charge in [0.15, 0.2) is 0 Å². The Kier molecular flexibility index (Phi) is 11.6. The molecule has 254 valence electrons. The van der Waals surface area contributed by atoms with Crippen molar-refractivity contribution in [3.63, 3.8) is 0 Å². The van der Waals surface area contributed by atoms with Gasteiger partial charge in [0.05, 0.1) is 13.7 Å². The first-order chi connectivity index (χ1) is 22.8. The van der Waals surface area contributed by atoms with Gasteiger partial charge < -0.3 is 30.3 Å².